The third-order valence-corrected chi connectivity index (χ3v) is 5.39. The van der Waals surface area contributed by atoms with Crippen LogP contribution in [0.1, 0.15) is 84.0 Å². The number of rotatable bonds is 13. The van der Waals surface area contributed by atoms with Gasteiger partial charge in [-0.2, -0.15) is 0 Å². The number of hydrogen-bond donors (Lipinski definition) is 1. The average Bonchev–Trinajstić information content (AvgIpc) is 2.75. The van der Waals surface area contributed by atoms with Crippen LogP contribution in [0.25, 0.3) is 0 Å². The van der Waals surface area contributed by atoms with Crippen LogP contribution in [-0.2, 0) is 19.1 Å². The Labute approximate surface area is 197 Å². The highest BCUT2D eigenvalue weighted by Gasteiger charge is 2.34. The summed E-state index contributed by atoms with van der Waals surface area (Å²) in [6.45, 7) is 11.3. The van der Waals surface area contributed by atoms with E-state index in [-0.39, 0.29) is 17.8 Å². The Bertz CT molecular complexity index is 849. The molecule has 0 bridgehead atoms. The van der Waals surface area contributed by atoms with E-state index in [1.54, 1.807) is 32.0 Å². The van der Waals surface area contributed by atoms with Crippen LogP contribution in [0, 0.1) is 23.7 Å². The molecule has 1 aromatic rings. The molecular weight excluding hydrogens is 420 g/mol. The second kappa shape index (κ2) is 13.7. The second-order valence-corrected chi connectivity index (χ2v) is 9.67. The third kappa shape index (κ3) is 9.72. The molecule has 182 valence electrons. The van der Waals surface area contributed by atoms with E-state index >= 15 is 0 Å². The summed E-state index contributed by atoms with van der Waals surface area (Å²) in [6.07, 6.45) is 2.15. The van der Waals surface area contributed by atoms with Gasteiger partial charge in [0.25, 0.3) is 0 Å². The Hall–Kier alpha value is -2.76. The number of ether oxygens (including phenoxy) is 1. The summed E-state index contributed by atoms with van der Waals surface area (Å²) in [5.41, 5.74) is -0.387. The molecule has 0 fully saturated rings. The maximum absolute atomic E-state index is 13.5. The van der Waals surface area contributed by atoms with E-state index in [1.807, 2.05) is 27.7 Å². The van der Waals surface area contributed by atoms with Crippen LogP contribution in [0.2, 0.25) is 0 Å². The first kappa shape index (κ1) is 28.3. The van der Waals surface area contributed by atoms with Gasteiger partial charge in [-0.1, -0.05) is 66.2 Å². The number of carbonyl (C=O) groups is 4. The monoisotopic (exact) mass is 458 g/mol. The summed E-state index contributed by atoms with van der Waals surface area (Å²) >= 11 is 0. The fourth-order valence-corrected chi connectivity index (χ4v) is 3.28. The van der Waals surface area contributed by atoms with Crippen molar-refractivity contribution in [3.63, 3.8) is 0 Å². The number of esters is 2. The summed E-state index contributed by atoms with van der Waals surface area (Å²) in [5.74, 6) is -3.88. The first-order chi connectivity index (χ1) is 15.4. The van der Waals surface area contributed by atoms with Crippen molar-refractivity contribution in [2.24, 2.45) is 23.7 Å². The molecule has 0 aromatic heterocycles. The molecule has 0 radical (unpaired) electrons. The van der Waals surface area contributed by atoms with E-state index in [0.717, 1.165) is 6.42 Å². The van der Waals surface area contributed by atoms with Crippen LogP contribution >= 0.6 is 0 Å². The van der Waals surface area contributed by atoms with Crippen LogP contribution in [0.5, 0.6) is 0 Å². The van der Waals surface area contributed by atoms with Crippen molar-refractivity contribution in [2.75, 3.05) is 0 Å². The zero-order chi connectivity index (χ0) is 25.1. The second-order valence-electron chi connectivity index (χ2n) is 9.67. The van der Waals surface area contributed by atoms with Crippen LogP contribution in [0.4, 0.5) is 0 Å². The van der Waals surface area contributed by atoms with Crippen molar-refractivity contribution in [1.29, 1.82) is 0 Å². The predicted molar refractivity (Wildman–Crippen MR) is 128 cm³/mol. The van der Waals surface area contributed by atoms with E-state index in [2.05, 4.69) is 0 Å². The Balaban J connectivity index is 3.20. The molecule has 0 saturated carbocycles. The SMILES string of the molecule is CC(C)CCC(=O)C[C@@H](CCC(C)C)C(=O)C(C(=O)OC(=O)c1ccccc1)=C(O)C(C)C. The van der Waals surface area contributed by atoms with Gasteiger partial charge < -0.3 is 9.84 Å². The van der Waals surface area contributed by atoms with E-state index in [9.17, 15) is 24.3 Å². The molecule has 1 aromatic carbocycles. The zero-order valence-corrected chi connectivity index (χ0v) is 20.7. The van der Waals surface area contributed by atoms with Crippen molar-refractivity contribution in [3.05, 3.63) is 47.2 Å². The third-order valence-electron chi connectivity index (χ3n) is 5.39. The molecule has 0 aliphatic heterocycles. The van der Waals surface area contributed by atoms with Crippen molar-refractivity contribution in [1.82, 2.24) is 0 Å². The summed E-state index contributed by atoms with van der Waals surface area (Å²) in [4.78, 5) is 51.3. The predicted octanol–water partition coefficient (Wildman–Crippen LogP) is 5.86. The first-order valence-electron chi connectivity index (χ1n) is 11.7. The summed E-state index contributed by atoms with van der Waals surface area (Å²) in [5, 5.41) is 10.6. The Morgan fingerprint density at radius 2 is 1.42 bits per heavy atom. The highest BCUT2D eigenvalue weighted by atomic mass is 16.6. The fraction of sp³-hybridized carbons (Fsp3) is 0.556. The minimum Gasteiger partial charge on any atom is -0.511 e. The van der Waals surface area contributed by atoms with Gasteiger partial charge in [-0.05, 0) is 36.8 Å². The largest absolute Gasteiger partial charge is 0.511 e. The Kier molecular flexibility index (Phi) is 11.7. The van der Waals surface area contributed by atoms with Crippen molar-refractivity contribution < 1.29 is 29.0 Å². The number of ketones is 2. The van der Waals surface area contributed by atoms with Crippen molar-refractivity contribution in [3.8, 4) is 0 Å². The van der Waals surface area contributed by atoms with Gasteiger partial charge >= 0.3 is 11.9 Å². The number of aliphatic hydroxyl groups excluding tert-OH is 1. The topological polar surface area (TPSA) is 97.7 Å². The summed E-state index contributed by atoms with van der Waals surface area (Å²) in [6, 6.07) is 7.94. The normalized spacial score (nSPS) is 13.1. The summed E-state index contributed by atoms with van der Waals surface area (Å²) < 4.78 is 4.95. The van der Waals surface area contributed by atoms with Gasteiger partial charge in [-0.25, -0.2) is 9.59 Å². The van der Waals surface area contributed by atoms with Crippen LogP contribution in [0.15, 0.2) is 41.7 Å². The number of hydrogen-bond acceptors (Lipinski definition) is 6. The molecule has 0 saturated heterocycles. The smallest absolute Gasteiger partial charge is 0.353 e. The molecule has 1 N–H and O–H groups in total. The highest BCUT2D eigenvalue weighted by molar-refractivity contribution is 6.21. The molecule has 0 aliphatic carbocycles. The standard InChI is InChI=1S/C27H38O6/c1-17(2)12-14-21(16-22(28)15-13-18(3)4)25(30)23(24(29)19(5)6)27(32)33-26(31)20-10-8-7-9-11-20/h7-11,17-19,21,29H,12-16H2,1-6H3/t21-/m1/s1. The molecule has 0 spiro atoms. The van der Waals surface area contributed by atoms with E-state index in [1.165, 1.54) is 12.1 Å². The van der Waals surface area contributed by atoms with Gasteiger partial charge in [0.2, 0.25) is 0 Å². The number of benzene rings is 1. The molecule has 0 aliphatic rings. The quantitative estimate of drug-likeness (QED) is 0.131. The lowest BCUT2D eigenvalue weighted by Crippen LogP contribution is -2.29. The molecule has 0 unspecified atom stereocenters. The van der Waals surface area contributed by atoms with E-state index in [0.29, 0.717) is 31.1 Å². The average molecular weight is 459 g/mol. The van der Waals surface area contributed by atoms with Crippen molar-refractivity contribution >= 4 is 23.5 Å². The van der Waals surface area contributed by atoms with Crippen LogP contribution in [0.3, 0.4) is 0 Å². The lowest BCUT2D eigenvalue weighted by molar-refractivity contribution is -0.137. The maximum atomic E-state index is 13.5. The van der Waals surface area contributed by atoms with Crippen LogP contribution < -0.4 is 0 Å². The lowest BCUT2D eigenvalue weighted by atomic mass is 9.84. The molecule has 6 nitrogen and oxygen atoms in total. The maximum Gasteiger partial charge on any atom is 0.353 e. The van der Waals surface area contributed by atoms with Gasteiger partial charge in [0, 0.05) is 24.7 Å². The van der Waals surface area contributed by atoms with Crippen LogP contribution in [-0.4, -0.2) is 28.6 Å². The van der Waals surface area contributed by atoms with Gasteiger partial charge in [0.15, 0.2) is 5.78 Å². The Morgan fingerprint density at radius 3 is 1.94 bits per heavy atom. The molecule has 0 heterocycles. The van der Waals surface area contributed by atoms with Gasteiger partial charge in [-0.15, -0.1) is 0 Å². The fourth-order valence-electron chi connectivity index (χ4n) is 3.28. The number of Topliss-reactive ketones (excluding diaryl/α,β-unsaturated/α-hetero) is 2. The number of carbonyl (C=O) groups excluding carboxylic acids is 4. The van der Waals surface area contributed by atoms with Gasteiger partial charge in [0.05, 0.1) is 5.56 Å². The van der Waals surface area contributed by atoms with Gasteiger partial charge in [-0.3, -0.25) is 9.59 Å². The molecular formula is C27H38O6. The van der Waals surface area contributed by atoms with Crippen molar-refractivity contribution in [2.45, 2.75) is 73.6 Å². The number of aliphatic hydroxyl groups is 1. The minimum atomic E-state index is -1.19. The summed E-state index contributed by atoms with van der Waals surface area (Å²) in [7, 11) is 0. The molecule has 33 heavy (non-hydrogen) atoms. The zero-order valence-electron chi connectivity index (χ0n) is 20.7. The molecule has 1 atom stereocenters. The lowest BCUT2D eigenvalue weighted by Gasteiger charge is -2.19. The molecule has 6 heteroatoms. The molecule has 1 rings (SSSR count). The van der Waals surface area contributed by atoms with Gasteiger partial charge in [0.1, 0.15) is 17.1 Å². The highest BCUT2D eigenvalue weighted by Crippen LogP contribution is 2.26. The Morgan fingerprint density at radius 1 is 0.848 bits per heavy atom. The minimum absolute atomic E-state index is 0.00688. The molecule has 0 amide bonds. The first-order valence-corrected chi connectivity index (χ1v) is 11.7. The van der Waals surface area contributed by atoms with E-state index in [4.69, 9.17) is 4.74 Å². The van der Waals surface area contributed by atoms with E-state index < -0.39 is 40.9 Å². The number of allylic oxidation sites excluding steroid dienone is 1.